The van der Waals surface area contributed by atoms with Gasteiger partial charge in [-0.2, -0.15) is 8.78 Å². The van der Waals surface area contributed by atoms with E-state index in [9.17, 15) is 43.0 Å². The second-order valence-corrected chi connectivity index (χ2v) is 9.20. The highest BCUT2D eigenvalue weighted by Gasteiger charge is 2.53. The first-order valence-electron chi connectivity index (χ1n) is 9.48. The number of amides is 5. The van der Waals surface area contributed by atoms with Gasteiger partial charge in [0.15, 0.2) is 6.04 Å². The first-order valence-corrected chi connectivity index (χ1v) is 11.1. The quantitative estimate of drug-likeness (QED) is 0.110. The lowest BCUT2D eigenvalue weighted by molar-refractivity contribution is -0.126. The van der Waals surface area contributed by atoms with Crippen molar-refractivity contribution in [1.82, 2.24) is 20.4 Å². The van der Waals surface area contributed by atoms with Crippen molar-refractivity contribution in [2.75, 3.05) is 19.7 Å². The van der Waals surface area contributed by atoms with Crippen LogP contribution in [0.4, 0.5) is 18.4 Å². The van der Waals surface area contributed by atoms with Crippen LogP contribution in [0.2, 0.25) is 0 Å². The number of imide groups is 1. The van der Waals surface area contributed by atoms with E-state index in [2.05, 4.69) is 5.32 Å². The average molecular weight is 490 g/mol. The zero-order valence-corrected chi connectivity index (χ0v) is 17.4. The second kappa shape index (κ2) is 9.91. The largest absolute Gasteiger partial charge is 0.394 e. The fraction of sp³-hybridized carbons (Fsp3) is 0.800. The third kappa shape index (κ3) is 5.51. The van der Waals surface area contributed by atoms with Crippen molar-refractivity contribution in [3.05, 3.63) is 0 Å². The molecular weight excluding hydrogens is 465 g/mol. The van der Waals surface area contributed by atoms with Gasteiger partial charge in [-0.15, -0.1) is 0 Å². The van der Waals surface area contributed by atoms with E-state index in [4.69, 9.17) is 14.9 Å². The zero-order valence-electron chi connectivity index (χ0n) is 16.5. The third-order valence-electron chi connectivity index (χ3n) is 5.16. The Kier molecular flexibility index (Phi) is 8.15. The Morgan fingerprint density at radius 2 is 1.69 bits per heavy atom. The lowest BCUT2D eigenvalue weighted by Gasteiger charge is -2.33. The molecule has 2 fully saturated rings. The predicted molar refractivity (Wildman–Crippen MR) is 99.0 cm³/mol. The van der Waals surface area contributed by atoms with Crippen molar-refractivity contribution >= 4 is 25.6 Å². The van der Waals surface area contributed by atoms with Crippen LogP contribution in [0.3, 0.4) is 0 Å². The number of aliphatic hydroxyl groups excluding tert-OH is 4. The maximum absolute atomic E-state index is 13.4. The number of halogens is 2. The van der Waals surface area contributed by atoms with Crippen LogP contribution in [0.15, 0.2) is 0 Å². The van der Waals surface area contributed by atoms with Crippen LogP contribution >= 0.6 is 7.60 Å². The van der Waals surface area contributed by atoms with Gasteiger partial charge in [-0.25, -0.2) is 9.59 Å². The Labute approximate surface area is 180 Å². The topological polar surface area (TPSA) is 220 Å². The number of carbonyl (C=O) groups is 3. The van der Waals surface area contributed by atoms with E-state index in [1.165, 1.54) is 0 Å². The van der Waals surface area contributed by atoms with Crippen molar-refractivity contribution in [2.45, 2.75) is 55.4 Å². The Balaban J connectivity index is 2.11. The standard InChI is InChI=1S/C15H25F2N4O10P/c16-15(17,32(29,30)31)3-1-2-4-20-9-11(18-13(27)19-12(9)26)21(14(20)28)5-7(23)10(25)8(24)6-22/h7-11,22-25H,1-6H2,(H2,29,30,31)(H2,18,19,26,27)/t7-,8+,9?,10-,11?/m0/s1. The van der Waals surface area contributed by atoms with Crippen LogP contribution in [-0.2, 0) is 9.36 Å². The van der Waals surface area contributed by atoms with Crippen LogP contribution in [0.1, 0.15) is 19.3 Å². The molecule has 2 aliphatic heterocycles. The summed E-state index contributed by atoms with van der Waals surface area (Å²) in [6, 6.07) is -3.15. The van der Waals surface area contributed by atoms with Gasteiger partial charge < -0.3 is 40.4 Å². The molecule has 5 atom stereocenters. The number of β-amino-alcohol motifs (C(OH)–C–C–N with tert-alkyl or cyclic N) is 1. The van der Waals surface area contributed by atoms with Gasteiger partial charge >= 0.3 is 25.3 Å². The van der Waals surface area contributed by atoms with Crippen molar-refractivity contribution < 1.29 is 57.9 Å². The van der Waals surface area contributed by atoms with Gasteiger partial charge in [-0.1, -0.05) is 0 Å². The number of aliphatic hydroxyl groups is 4. The van der Waals surface area contributed by atoms with Crippen LogP contribution in [0, 0.1) is 0 Å². The molecule has 2 unspecified atom stereocenters. The molecule has 2 heterocycles. The molecule has 0 saturated carbocycles. The Morgan fingerprint density at radius 3 is 2.25 bits per heavy atom. The molecule has 0 aliphatic carbocycles. The van der Waals surface area contributed by atoms with Crippen molar-refractivity contribution in [3.63, 3.8) is 0 Å². The highest BCUT2D eigenvalue weighted by atomic mass is 31.2. The first-order chi connectivity index (χ1) is 14.7. The van der Waals surface area contributed by atoms with Gasteiger partial charge in [0.1, 0.15) is 24.5 Å². The highest BCUT2D eigenvalue weighted by molar-refractivity contribution is 7.53. The number of rotatable bonds is 11. The van der Waals surface area contributed by atoms with Crippen molar-refractivity contribution in [2.24, 2.45) is 0 Å². The van der Waals surface area contributed by atoms with Crippen LogP contribution in [0.25, 0.3) is 0 Å². The number of carbonyl (C=O) groups excluding carboxylic acids is 3. The van der Waals surface area contributed by atoms with Crippen LogP contribution < -0.4 is 10.6 Å². The summed E-state index contributed by atoms with van der Waals surface area (Å²) in [5.41, 5.74) is -4.25. The number of hydrogen-bond acceptors (Lipinski definition) is 8. The van der Waals surface area contributed by atoms with Crippen molar-refractivity contribution in [1.29, 1.82) is 0 Å². The Hall–Kier alpha value is -1.94. The molecule has 8 N–H and O–H groups in total. The number of unbranched alkanes of at least 4 members (excludes halogenated alkanes) is 1. The van der Waals surface area contributed by atoms with E-state index in [1.54, 1.807) is 0 Å². The minimum Gasteiger partial charge on any atom is -0.394 e. The smallest absolute Gasteiger partial charge is 0.394 e. The molecule has 0 aromatic heterocycles. The molecule has 32 heavy (non-hydrogen) atoms. The molecule has 0 bridgehead atoms. The van der Waals surface area contributed by atoms with Gasteiger partial charge in [-0.05, 0) is 12.8 Å². The SMILES string of the molecule is O=C1NC(=O)C2C(N1)N(C[C@H](O)[C@H](O)[C@H](O)CO)C(=O)N2CCCCC(F)(F)P(=O)(O)O. The van der Waals surface area contributed by atoms with E-state index >= 15 is 0 Å². The molecule has 0 aromatic rings. The molecule has 184 valence electrons. The van der Waals surface area contributed by atoms with Gasteiger partial charge in [-0.3, -0.25) is 19.6 Å². The summed E-state index contributed by atoms with van der Waals surface area (Å²) in [4.78, 5) is 55.8. The van der Waals surface area contributed by atoms with Crippen molar-refractivity contribution in [3.8, 4) is 0 Å². The fourth-order valence-electron chi connectivity index (χ4n) is 3.41. The zero-order chi connectivity index (χ0) is 24.4. The molecule has 0 aromatic carbocycles. The summed E-state index contributed by atoms with van der Waals surface area (Å²) in [5, 5.41) is 42.4. The van der Waals surface area contributed by atoms with Crippen LogP contribution in [-0.4, -0.2) is 114 Å². The molecule has 2 rings (SSSR count). The summed E-state index contributed by atoms with van der Waals surface area (Å²) in [6.07, 6.45) is -8.38. The summed E-state index contributed by atoms with van der Waals surface area (Å²) in [7, 11) is -5.66. The average Bonchev–Trinajstić information content (AvgIpc) is 2.94. The summed E-state index contributed by atoms with van der Waals surface area (Å²) in [6.45, 7) is -1.84. The molecular formula is C15H25F2N4O10P. The van der Waals surface area contributed by atoms with Gasteiger partial charge in [0, 0.05) is 13.0 Å². The van der Waals surface area contributed by atoms with Gasteiger partial charge in [0.05, 0.1) is 13.2 Å². The second-order valence-electron chi connectivity index (χ2n) is 7.46. The third-order valence-corrected chi connectivity index (χ3v) is 6.23. The Bertz CT molecular complexity index is 783. The summed E-state index contributed by atoms with van der Waals surface area (Å²) < 4.78 is 37.6. The minimum atomic E-state index is -5.66. The lowest BCUT2D eigenvalue weighted by Crippen LogP contribution is -2.65. The molecule has 2 aliphatic rings. The van der Waals surface area contributed by atoms with E-state index in [0.29, 0.717) is 0 Å². The van der Waals surface area contributed by atoms with Gasteiger partial charge in [0.25, 0.3) is 5.91 Å². The fourth-order valence-corrected chi connectivity index (χ4v) is 3.86. The van der Waals surface area contributed by atoms with E-state index < -0.39 is 87.7 Å². The van der Waals surface area contributed by atoms with E-state index in [1.807, 2.05) is 5.32 Å². The number of nitrogens with one attached hydrogen (secondary N) is 2. The summed E-state index contributed by atoms with van der Waals surface area (Å²) >= 11 is 0. The molecule has 17 heteroatoms. The molecule has 2 saturated heterocycles. The number of urea groups is 2. The highest BCUT2D eigenvalue weighted by Crippen LogP contribution is 2.55. The molecule has 0 radical (unpaired) electrons. The molecule has 5 amide bonds. The maximum atomic E-state index is 13.4. The molecule has 0 spiro atoms. The maximum Gasteiger partial charge on any atom is 0.394 e. The number of fused-ring (bicyclic) bond motifs is 1. The monoisotopic (exact) mass is 490 g/mol. The van der Waals surface area contributed by atoms with Crippen LogP contribution in [0.5, 0.6) is 0 Å². The van der Waals surface area contributed by atoms with Gasteiger partial charge in [0.2, 0.25) is 0 Å². The lowest BCUT2D eigenvalue weighted by atomic mass is 10.1. The van der Waals surface area contributed by atoms with E-state index in [-0.39, 0.29) is 13.0 Å². The number of nitrogens with zero attached hydrogens (tertiary/aromatic N) is 2. The van der Waals surface area contributed by atoms with E-state index in [0.717, 1.165) is 9.80 Å². The summed E-state index contributed by atoms with van der Waals surface area (Å²) in [5.74, 6) is -0.888. The normalized spacial score (nSPS) is 24.7. The predicted octanol–water partition coefficient (Wildman–Crippen LogP) is -2.73. The minimum absolute atomic E-state index is 0.173. The number of hydrogen-bond donors (Lipinski definition) is 8. The number of alkyl halides is 2. The first kappa shape index (κ1) is 26.3. The molecule has 14 nitrogen and oxygen atoms in total. The Morgan fingerprint density at radius 1 is 1.06 bits per heavy atom.